The minimum Gasteiger partial charge on any atom is -0.493 e. The van der Waals surface area contributed by atoms with Crippen LogP contribution < -0.4 is 14.8 Å². The van der Waals surface area contributed by atoms with E-state index >= 15 is 0 Å². The molecule has 2 atom stereocenters. The highest BCUT2D eigenvalue weighted by molar-refractivity contribution is 9.10. The van der Waals surface area contributed by atoms with Crippen molar-refractivity contribution in [3.8, 4) is 11.5 Å². The number of morpholine rings is 1. The molecule has 1 aliphatic heterocycles. The molecule has 0 radical (unpaired) electrons. The molecule has 1 fully saturated rings. The molecule has 2 aromatic rings. The van der Waals surface area contributed by atoms with E-state index in [1.807, 2.05) is 58.0 Å². The van der Waals surface area contributed by atoms with Crippen molar-refractivity contribution in [2.45, 2.75) is 39.9 Å². The third-order valence-corrected chi connectivity index (χ3v) is 6.36. The molecule has 0 saturated carbocycles. The predicted octanol–water partition coefficient (Wildman–Crippen LogP) is 4.88. The Morgan fingerprint density at radius 3 is 2.44 bits per heavy atom. The molecule has 1 N–H and O–H groups in total. The lowest BCUT2D eigenvalue weighted by molar-refractivity contribution is -0.118. The molecule has 0 aromatic heterocycles. The van der Waals surface area contributed by atoms with Crippen LogP contribution >= 0.6 is 28.1 Å². The summed E-state index contributed by atoms with van der Waals surface area (Å²) < 4.78 is 17.9. The number of benzene rings is 2. The maximum absolute atomic E-state index is 12.5. The molecular weight excluding hydrogens is 492 g/mol. The van der Waals surface area contributed by atoms with E-state index in [4.69, 9.17) is 26.4 Å². The van der Waals surface area contributed by atoms with E-state index in [0.29, 0.717) is 16.0 Å². The zero-order valence-corrected chi connectivity index (χ0v) is 21.4. The molecule has 1 saturated heterocycles. The second-order valence-electron chi connectivity index (χ2n) is 8.06. The molecule has 0 aliphatic carbocycles. The molecule has 0 bridgehead atoms. The summed E-state index contributed by atoms with van der Waals surface area (Å²) in [6.07, 6.45) is 0.222. The Kier molecular flexibility index (Phi) is 8.14. The van der Waals surface area contributed by atoms with Gasteiger partial charge in [0.15, 0.2) is 18.1 Å². The van der Waals surface area contributed by atoms with Crippen LogP contribution in [0, 0.1) is 13.8 Å². The minimum atomic E-state index is -0.243. The molecule has 6 nitrogen and oxygen atoms in total. The Bertz CT molecular complexity index is 983. The van der Waals surface area contributed by atoms with E-state index in [1.165, 1.54) is 0 Å². The lowest BCUT2D eigenvalue weighted by Crippen LogP contribution is -2.47. The van der Waals surface area contributed by atoms with Gasteiger partial charge in [-0.25, -0.2) is 0 Å². The van der Waals surface area contributed by atoms with E-state index in [9.17, 15) is 4.79 Å². The first kappa shape index (κ1) is 24.5. The molecule has 0 spiro atoms. The zero-order chi connectivity index (χ0) is 23.4. The summed E-state index contributed by atoms with van der Waals surface area (Å²) in [6.45, 7) is 9.33. The van der Waals surface area contributed by atoms with Gasteiger partial charge in [-0.05, 0) is 66.9 Å². The van der Waals surface area contributed by atoms with Crippen molar-refractivity contribution in [2.24, 2.45) is 0 Å². The van der Waals surface area contributed by atoms with Crippen LogP contribution in [0.2, 0.25) is 0 Å². The number of thiocarbonyl (C=S) groups is 1. The standard InChI is InChI=1S/C24H29BrN2O4S/c1-14-7-6-8-15(2)22(14)26-21(28)13-30-23-19(25)9-18(10-20(23)29-5)24(32)27-11-16(3)31-17(4)12-27/h6-10,16-17H,11-13H2,1-5H3,(H,26,28)/t16-,17+. The lowest BCUT2D eigenvalue weighted by atomic mass is 10.1. The lowest BCUT2D eigenvalue weighted by Gasteiger charge is -2.37. The number of aryl methyl sites for hydroxylation is 2. The number of hydrogen-bond donors (Lipinski definition) is 1. The number of amides is 1. The highest BCUT2D eigenvalue weighted by Crippen LogP contribution is 2.37. The second kappa shape index (κ2) is 10.6. The SMILES string of the molecule is COc1cc(C(=S)N2C[C@@H](C)O[C@@H](C)C2)cc(Br)c1OCC(=O)Nc1c(C)cccc1C. The third-order valence-electron chi connectivity index (χ3n) is 5.28. The van der Waals surface area contributed by atoms with E-state index in [1.54, 1.807) is 7.11 Å². The molecule has 8 heteroatoms. The number of hydrogen-bond acceptors (Lipinski definition) is 5. The molecule has 32 heavy (non-hydrogen) atoms. The maximum atomic E-state index is 12.5. The summed E-state index contributed by atoms with van der Waals surface area (Å²) in [4.78, 5) is 15.4. The molecular formula is C24H29BrN2O4S. The molecule has 1 amide bonds. The first-order valence-corrected chi connectivity index (χ1v) is 11.7. The van der Waals surface area contributed by atoms with Crippen LogP contribution in [-0.4, -0.2) is 54.8 Å². The number of ether oxygens (including phenoxy) is 3. The average molecular weight is 521 g/mol. The fourth-order valence-electron chi connectivity index (χ4n) is 3.83. The van der Waals surface area contributed by atoms with Gasteiger partial charge in [-0.1, -0.05) is 30.4 Å². The molecule has 172 valence electrons. The Morgan fingerprint density at radius 1 is 1.22 bits per heavy atom. The number of methoxy groups -OCH3 is 1. The monoisotopic (exact) mass is 520 g/mol. The second-order valence-corrected chi connectivity index (χ2v) is 9.30. The number of rotatable bonds is 6. The van der Waals surface area contributed by atoms with Gasteiger partial charge in [-0.3, -0.25) is 4.79 Å². The molecule has 0 unspecified atom stereocenters. The van der Waals surface area contributed by atoms with Crippen molar-refractivity contribution < 1.29 is 19.0 Å². The van der Waals surface area contributed by atoms with Crippen LogP contribution in [0.25, 0.3) is 0 Å². The maximum Gasteiger partial charge on any atom is 0.262 e. The van der Waals surface area contributed by atoms with Crippen molar-refractivity contribution in [3.05, 3.63) is 51.5 Å². The van der Waals surface area contributed by atoms with Gasteiger partial charge in [0, 0.05) is 24.3 Å². The van der Waals surface area contributed by atoms with Gasteiger partial charge in [0.25, 0.3) is 5.91 Å². The Balaban J connectivity index is 1.72. The number of nitrogens with zero attached hydrogens (tertiary/aromatic N) is 1. The average Bonchev–Trinajstić information content (AvgIpc) is 2.73. The summed E-state index contributed by atoms with van der Waals surface area (Å²) in [7, 11) is 1.57. The summed E-state index contributed by atoms with van der Waals surface area (Å²) in [5.41, 5.74) is 3.66. The number of anilines is 1. The van der Waals surface area contributed by atoms with E-state index < -0.39 is 0 Å². The van der Waals surface area contributed by atoms with Crippen LogP contribution in [0.5, 0.6) is 11.5 Å². The number of para-hydroxylation sites is 1. The summed E-state index contributed by atoms with van der Waals surface area (Å²) >= 11 is 9.30. The van der Waals surface area contributed by atoms with Crippen molar-refractivity contribution in [3.63, 3.8) is 0 Å². The third kappa shape index (κ3) is 5.79. The highest BCUT2D eigenvalue weighted by atomic mass is 79.9. The van der Waals surface area contributed by atoms with Gasteiger partial charge < -0.3 is 24.4 Å². The predicted molar refractivity (Wildman–Crippen MR) is 134 cm³/mol. The summed E-state index contributed by atoms with van der Waals surface area (Å²) in [6, 6.07) is 9.62. The van der Waals surface area contributed by atoms with E-state index in [-0.39, 0.29) is 24.7 Å². The highest BCUT2D eigenvalue weighted by Gasteiger charge is 2.26. The smallest absolute Gasteiger partial charge is 0.262 e. The van der Waals surface area contributed by atoms with E-state index in [2.05, 4.69) is 26.1 Å². The van der Waals surface area contributed by atoms with Crippen molar-refractivity contribution in [1.82, 2.24) is 4.90 Å². The molecule has 1 aliphatic rings. The Labute approximate surface area is 203 Å². The Morgan fingerprint density at radius 2 is 1.84 bits per heavy atom. The first-order chi connectivity index (χ1) is 15.2. The van der Waals surface area contributed by atoms with Crippen LogP contribution in [-0.2, 0) is 9.53 Å². The quantitative estimate of drug-likeness (QED) is 0.548. The van der Waals surface area contributed by atoms with Gasteiger partial charge in [-0.2, -0.15) is 0 Å². The molecule has 1 heterocycles. The first-order valence-electron chi connectivity index (χ1n) is 10.5. The van der Waals surface area contributed by atoms with Crippen molar-refractivity contribution >= 4 is 44.7 Å². The van der Waals surface area contributed by atoms with Gasteiger partial charge in [0.2, 0.25) is 0 Å². The van der Waals surface area contributed by atoms with Crippen LogP contribution in [0.1, 0.15) is 30.5 Å². The molecule has 2 aromatic carbocycles. The number of halogens is 1. The number of carbonyl (C=O) groups excluding carboxylic acids is 1. The van der Waals surface area contributed by atoms with Crippen molar-refractivity contribution in [2.75, 3.05) is 32.1 Å². The topological polar surface area (TPSA) is 60.0 Å². The number of nitrogens with one attached hydrogen (secondary N) is 1. The Hall–Kier alpha value is -2.16. The largest absolute Gasteiger partial charge is 0.493 e. The molecule has 3 rings (SSSR count). The van der Waals surface area contributed by atoms with Crippen LogP contribution in [0.15, 0.2) is 34.8 Å². The fraction of sp³-hybridized carbons (Fsp3) is 0.417. The van der Waals surface area contributed by atoms with Crippen molar-refractivity contribution in [1.29, 1.82) is 0 Å². The number of carbonyl (C=O) groups is 1. The normalized spacial score (nSPS) is 18.2. The summed E-state index contributed by atoms with van der Waals surface area (Å²) in [5, 5.41) is 2.93. The van der Waals surface area contributed by atoms with Crippen LogP contribution in [0.4, 0.5) is 5.69 Å². The van der Waals surface area contributed by atoms with Gasteiger partial charge >= 0.3 is 0 Å². The van der Waals surface area contributed by atoms with Gasteiger partial charge in [0.05, 0.1) is 23.8 Å². The fourth-order valence-corrected chi connectivity index (χ4v) is 4.66. The minimum absolute atomic E-state index is 0.111. The summed E-state index contributed by atoms with van der Waals surface area (Å²) in [5.74, 6) is 0.720. The van der Waals surface area contributed by atoms with Gasteiger partial charge in [0.1, 0.15) is 4.99 Å². The zero-order valence-electron chi connectivity index (χ0n) is 19.0. The van der Waals surface area contributed by atoms with E-state index in [0.717, 1.165) is 40.5 Å². The van der Waals surface area contributed by atoms with Gasteiger partial charge in [-0.15, -0.1) is 0 Å². The van der Waals surface area contributed by atoms with Crippen LogP contribution in [0.3, 0.4) is 0 Å².